The first-order chi connectivity index (χ1) is 9.47. The third kappa shape index (κ3) is 3.49. The number of ether oxygens (including phenoxy) is 1. The van der Waals surface area contributed by atoms with Crippen molar-refractivity contribution in [3.05, 3.63) is 27.3 Å². The minimum absolute atomic E-state index is 0.0933. The van der Waals surface area contributed by atoms with Crippen LogP contribution in [0.5, 0.6) is 0 Å². The van der Waals surface area contributed by atoms with Crippen molar-refractivity contribution in [2.75, 3.05) is 18.5 Å². The highest BCUT2D eigenvalue weighted by Crippen LogP contribution is 2.46. The third-order valence-corrected chi connectivity index (χ3v) is 3.94. The molecule has 1 amide bonds. The van der Waals surface area contributed by atoms with Crippen molar-refractivity contribution in [1.82, 2.24) is 0 Å². The number of rotatable bonds is 6. The zero-order valence-electron chi connectivity index (χ0n) is 11.1. The molecule has 108 valence electrons. The van der Waals surface area contributed by atoms with Gasteiger partial charge in [0.05, 0.1) is 17.6 Å². The van der Waals surface area contributed by atoms with Gasteiger partial charge in [0.1, 0.15) is 0 Å². The van der Waals surface area contributed by atoms with Gasteiger partial charge in [0.25, 0.3) is 0 Å². The maximum Gasteiger partial charge on any atom is 0.335 e. The maximum absolute atomic E-state index is 12.3. The van der Waals surface area contributed by atoms with Crippen LogP contribution < -0.4 is 5.32 Å². The minimum Gasteiger partial charge on any atom is -0.478 e. The largest absolute Gasteiger partial charge is 0.478 e. The molecule has 0 radical (unpaired) electrons. The fraction of sp³-hybridized carbons (Fsp3) is 0.429. The molecule has 0 atom stereocenters. The highest BCUT2D eigenvalue weighted by molar-refractivity contribution is 14.1. The molecule has 20 heavy (non-hydrogen) atoms. The zero-order valence-corrected chi connectivity index (χ0v) is 13.3. The molecule has 0 heterocycles. The second-order valence-corrected chi connectivity index (χ2v) is 6.15. The number of hydrogen-bond donors (Lipinski definition) is 2. The molecule has 0 spiro atoms. The van der Waals surface area contributed by atoms with Crippen molar-refractivity contribution in [3.63, 3.8) is 0 Å². The Hall–Kier alpha value is -1.15. The van der Waals surface area contributed by atoms with Crippen LogP contribution in [0.3, 0.4) is 0 Å². The van der Waals surface area contributed by atoms with Gasteiger partial charge < -0.3 is 15.2 Å². The summed E-state index contributed by atoms with van der Waals surface area (Å²) in [4.78, 5) is 23.3. The van der Waals surface area contributed by atoms with Gasteiger partial charge in [-0.05, 0) is 60.6 Å². The molecule has 6 heteroatoms. The first-order valence-electron chi connectivity index (χ1n) is 6.40. The number of anilines is 1. The zero-order chi connectivity index (χ0) is 14.8. The number of carbonyl (C=O) groups excluding carboxylic acids is 1. The minimum atomic E-state index is -1.01. The van der Waals surface area contributed by atoms with Crippen LogP contribution in [0.2, 0.25) is 0 Å². The van der Waals surface area contributed by atoms with E-state index in [1.54, 1.807) is 12.1 Å². The average Bonchev–Trinajstić information content (AvgIpc) is 3.16. The molecular formula is C14H16INO4. The van der Waals surface area contributed by atoms with Crippen LogP contribution in [-0.4, -0.2) is 30.2 Å². The van der Waals surface area contributed by atoms with E-state index in [2.05, 4.69) is 5.32 Å². The Morgan fingerprint density at radius 1 is 1.40 bits per heavy atom. The lowest BCUT2D eigenvalue weighted by molar-refractivity contribution is -0.123. The Labute approximate surface area is 130 Å². The number of carbonyl (C=O) groups is 2. The normalized spacial score (nSPS) is 15.7. The summed E-state index contributed by atoms with van der Waals surface area (Å²) in [5.41, 5.74) is 0.254. The Morgan fingerprint density at radius 3 is 2.65 bits per heavy atom. The first kappa shape index (κ1) is 15.2. The molecule has 0 saturated heterocycles. The van der Waals surface area contributed by atoms with Gasteiger partial charge in [-0.25, -0.2) is 4.79 Å². The number of aromatic carboxylic acids is 1. The molecule has 1 aliphatic carbocycles. The van der Waals surface area contributed by atoms with Crippen molar-refractivity contribution in [2.45, 2.75) is 19.8 Å². The quantitative estimate of drug-likeness (QED) is 0.734. The average molecular weight is 389 g/mol. The van der Waals surface area contributed by atoms with Crippen LogP contribution in [0.1, 0.15) is 30.1 Å². The molecule has 0 bridgehead atoms. The summed E-state index contributed by atoms with van der Waals surface area (Å²) in [7, 11) is 0. The number of benzene rings is 1. The van der Waals surface area contributed by atoms with Crippen molar-refractivity contribution in [3.8, 4) is 0 Å². The van der Waals surface area contributed by atoms with Gasteiger partial charge in [-0.1, -0.05) is 0 Å². The van der Waals surface area contributed by atoms with Crippen LogP contribution in [-0.2, 0) is 9.53 Å². The van der Waals surface area contributed by atoms with Gasteiger partial charge in [-0.2, -0.15) is 0 Å². The van der Waals surface area contributed by atoms with Crippen molar-refractivity contribution < 1.29 is 19.4 Å². The molecular weight excluding hydrogens is 373 g/mol. The summed E-state index contributed by atoms with van der Waals surface area (Å²) in [6.45, 7) is 2.90. The summed E-state index contributed by atoms with van der Waals surface area (Å²) in [5, 5.41) is 11.8. The maximum atomic E-state index is 12.3. The Morgan fingerprint density at radius 2 is 2.10 bits per heavy atom. The molecule has 1 aromatic rings. The lowest BCUT2D eigenvalue weighted by Gasteiger charge is -2.15. The van der Waals surface area contributed by atoms with E-state index in [0.29, 0.717) is 18.9 Å². The molecule has 1 saturated carbocycles. The molecule has 0 unspecified atom stereocenters. The van der Waals surface area contributed by atoms with E-state index in [1.807, 2.05) is 29.5 Å². The second-order valence-electron chi connectivity index (χ2n) is 4.91. The number of hydrogen-bond acceptors (Lipinski definition) is 3. The lowest BCUT2D eigenvalue weighted by atomic mass is 10.1. The van der Waals surface area contributed by atoms with Crippen LogP contribution in [0, 0.1) is 8.99 Å². The molecule has 1 fully saturated rings. The summed E-state index contributed by atoms with van der Waals surface area (Å²) in [6, 6.07) is 4.78. The standard InChI is InChI=1S/C14H16INO4/c1-2-20-8-14(3-4-14)13(19)16-11-6-9(12(17)18)5-10(15)7-11/h5-7H,2-4,8H2,1H3,(H,16,19)(H,17,18). The van der Waals surface area contributed by atoms with E-state index < -0.39 is 11.4 Å². The number of carboxylic acids is 1. The van der Waals surface area contributed by atoms with E-state index in [-0.39, 0.29) is 11.5 Å². The van der Waals surface area contributed by atoms with Gasteiger partial charge >= 0.3 is 5.97 Å². The highest BCUT2D eigenvalue weighted by Gasteiger charge is 2.50. The van der Waals surface area contributed by atoms with Gasteiger partial charge in [0, 0.05) is 15.9 Å². The summed E-state index contributed by atoms with van der Waals surface area (Å²) >= 11 is 2.03. The van der Waals surface area contributed by atoms with E-state index in [0.717, 1.165) is 16.4 Å². The number of amides is 1. The summed E-state index contributed by atoms with van der Waals surface area (Å²) in [6.07, 6.45) is 1.63. The van der Waals surface area contributed by atoms with Gasteiger partial charge in [0.15, 0.2) is 0 Å². The number of carboxylic acid groups (broad SMARTS) is 1. The molecule has 2 rings (SSSR count). The molecule has 2 N–H and O–H groups in total. The van der Waals surface area contributed by atoms with Crippen LogP contribution in [0.15, 0.2) is 18.2 Å². The van der Waals surface area contributed by atoms with Gasteiger partial charge in [-0.15, -0.1) is 0 Å². The summed E-state index contributed by atoms with van der Waals surface area (Å²) in [5.74, 6) is -1.10. The first-order valence-corrected chi connectivity index (χ1v) is 7.48. The third-order valence-electron chi connectivity index (χ3n) is 3.32. The predicted octanol–water partition coefficient (Wildman–Crippen LogP) is 2.74. The highest BCUT2D eigenvalue weighted by atomic mass is 127. The van der Waals surface area contributed by atoms with Crippen LogP contribution in [0.25, 0.3) is 0 Å². The molecule has 1 aromatic carbocycles. The van der Waals surface area contributed by atoms with Crippen molar-refractivity contribution in [2.24, 2.45) is 5.41 Å². The molecule has 5 nitrogen and oxygen atoms in total. The Balaban J connectivity index is 2.10. The second kappa shape index (κ2) is 6.09. The smallest absolute Gasteiger partial charge is 0.335 e. The number of nitrogens with one attached hydrogen (secondary N) is 1. The molecule has 0 aromatic heterocycles. The van der Waals surface area contributed by atoms with E-state index in [9.17, 15) is 9.59 Å². The van der Waals surface area contributed by atoms with Crippen LogP contribution in [0.4, 0.5) is 5.69 Å². The monoisotopic (exact) mass is 389 g/mol. The van der Waals surface area contributed by atoms with E-state index in [1.165, 1.54) is 6.07 Å². The van der Waals surface area contributed by atoms with E-state index >= 15 is 0 Å². The number of halogens is 1. The molecule has 1 aliphatic rings. The fourth-order valence-electron chi connectivity index (χ4n) is 1.93. The predicted molar refractivity (Wildman–Crippen MR) is 82.9 cm³/mol. The van der Waals surface area contributed by atoms with Crippen LogP contribution >= 0.6 is 22.6 Å². The Bertz CT molecular complexity index is 540. The van der Waals surface area contributed by atoms with Gasteiger partial charge in [-0.3, -0.25) is 4.79 Å². The topological polar surface area (TPSA) is 75.6 Å². The van der Waals surface area contributed by atoms with E-state index in [4.69, 9.17) is 9.84 Å². The van der Waals surface area contributed by atoms with Gasteiger partial charge in [0.2, 0.25) is 5.91 Å². The van der Waals surface area contributed by atoms with Crippen molar-refractivity contribution >= 4 is 40.2 Å². The SMILES string of the molecule is CCOCC1(C(=O)Nc2cc(I)cc(C(=O)O)c2)CC1. The summed E-state index contributed by atoms with van der Waals surface area (Å²) < 4.78 is 6.12. The Kier molecular flexibility index (Phi) is 4.64. The lowest BCUT2D eigenvalue weighted by Crippen LogP contribution is -2.28. The molecule has 0 aliphatic heterocycles. The van der Waals surface area contributed by atoms with Crippen molar-refractivity contribution in [1.29, 1.82) is 0 Å². The fourth-order valence-corrected chi connectivity index (χ4v) is 2.61.